The topological polar surface area (TPSA) is 41.6 Å². The SMILES string of the molecule is O=C(CCN1CCCC1)NOCC(F)(F)F. The molecule has 1 fully saturated rings. The highest BCUT2D eigenvalue weighted by Crippen LogP contribution is 2.13. The highest BCUT2D eigenvalue weighted by molar-refractivity contribution is 5.74. The van der Waals surface area contributed by atoms with Crippen molar-refractivity contribution >= 4 is 5.91 Å². The molecule has 1 aliphatic rings. The molecule has 1 rings (SSSR count). The minimum Gasteiger partial charge on any atom is -0.303 e. The van der Waals surface area contributed by atoms with Gasteiger partial charge >= 0.3 is 6.18 Å². The number of likely N-dealkylation sites (tertiary alicyclic amines) is 1. The Morgan fingerprint density at radius 1 is 1.31 bits per heavy atom. The summed E-state index contributed by atoms with van der Waals surface area (Å²) in [6, 6.07) is 0. The van der Waals surface area contributed by atoms with E-state index in [1.807, 2.05) is 0 Å². The Morgan fingerprint density at radius 2 is 1.94 bits per heavy atom. The molecule has 0 spiro atoms. The fourth-order valence-corrected chi connectivity index (χ4v) is 1.52. The molecule has 1 aliphatic heterocycles. The van der Waals surface area contributed by atoms with Gasteiger partial charge in [0.25, 0.3) is 0 Å². The fourth-order valence-electron chi connectivity index (χ4n) is 1.52. The molecule has 1 amide bonds. The Kier molecular flexibility index (Phi) is 5.01. The third kappa shape index (κ3) is 5.92. The molecule has 94 valence electrons. The van der Waals surface area contributed by atoms with Gasteiger partial charge in [-0.15, -0.1) is 0 Å². The molecule has 0 aromatic carbocycles. The molecule has 0 unspecified atom stereocenters. The predicted octanol–water partition coefficient (Wildman–Crippen LogP) is 1.08. The van der Waals surface area contributed by atoms with Gasteiger partial charge in [0.2, 0.25) is 5.91 Å². The molecule has 0 aliphatic carbocycles. The standard InChI is InChI=1S/C9H15F3N2O2/c10-9(11,12)7-16-13-8(15)3-6-14-4-1-2-5-14/h1-7H2,(H,13,15). The zero-order valence-electron chi connectivity index (χ0n) is 8.85. The summed E-state index contributed by atoms with van der Waals surface area (Å²) in [5, 5.41) is 0. The van der Waals surface area contributed by atoms with E-state index in [0.29, 0.717) is 6.54 Å². The van der Waals surface area contributed by atoms with Crippen LogP contribution in [0.1, 0.15) is 19.3 Å². The minimum atomic E-state index is -4.41. The second-order valence-corrected chi connectivity index (χ2v) is 3.73. The van der Waals surface area contributed by atoms with Crippen LogP contribution >= 0.6 is 0 Å². The van der Waals surface area contributed by atoms with Crippen molar-refractivity contribution < 1.29 is 22.8 Å². The summed E-state index contributed by atoms with van der Waals surface area (Å²) in [4.78, 5) is 17.2. The zero-order valence-corrected chi connectivity index (χ0v) is 8.85. The van der Waals surface area contributed by atoms with E-state index in [4.69, 9.17) is 0 Å². The number of hydrogen-bond acceptors (Lipinski definition) is 3. The molecular weight excluding hydrogens is 225 g/mol. The van der Waals surface area contributed by atoms with Crippen LogP contribution in [0.25, 0.3) is 0 Å². The average molecular weight is 240 g/mol. The summed E-state index contributed by atoms with van der Waals surface area (Å²) in [5.41, 5.74) is 1.78. The summed E-state index contributed by atoms with van der Waals surface area (Å²) in [5.74, 6) is -0.517. The largest absolute Gasteiger partial charge is 0.414 e. The van der Waals surface area contributed by atoms with E-state index in [0.717, 1.165) is 25.9 Å². The maximum absolute atomic E-state index is 11.7. The molecule has 0 atom stereocenters. The van der Waals surface area contributed by atoms with Crippen LogP contribution < -0.4 is 5.48 Å². The van der Waals surface area contributed by atoms with Gasteiger partial charge in [0, 0.05) is 13.0 Å². The van der Waals surface area contributed by atoms with Crippen molar-refractivity contribution in [3.8, 4) is 0 Å². The Labute approximate surface area is 91.7 Å². The van der Waals surface area contributed by atoms with Gasteiger partial charge in [-0.05, 0) is 25.9 Å². The van der Waals surface area contributed by atoms with E-state index in [1.165, 1.54) is 0 Å². The van der Waals surface area contributed by atoms with Crippen molar-refractivity contribution in [3.63, 3.8) is 0 Å². The highest BCUT2D eigenvalue weighted by Gasteiger charge is 2.28. The summed E-state index contributed by atoms with van der Waals surface area (Å²) < 4.78 is 35.0. The first-order chi connectivity index (χ1) is 7.47. The van der Waals surface area contributed by atoms with Crippen LogP contribution in [-0.4, -0.2) is 43.2 Å². The Bertz CT molecular complexity index is 227. The van der Waals surface area contributed by atoms with Crippen LogP contribution in [-0.2, 0) is 9.63 Å². The predicted molar refractivity (Wildman–Crippen MR) is 50.4 cm³/mol. The first-order valence-electron chi connectivity index (χ1n) is 5.17. The Hall–Kier alpha value is -0.820. The summed E-state index contributed by atoms with van der Waals surface area (Å²) in [7, 11) is 0. The van der Waals surface area contributed by atoms with Crippen molar-refractivity contribution in [2.24, 2.45) is 0 Å². The third-order valence-electron chi connectivity index (χ3n) is 2.28. The number of nitrogens with zero attached hydrogens (tertiary/aromatic N) is 1. The molecule has 0 aromatic heterocycles. The number of halogens is 3. The monoisotopic (exact) mass is 240 g/mol. The lowest BCUT2D eigenvalue weighted by atomic mass is 10.4. The number of rotatable bonds is 5. The minimum absolute atomic E-state index is 0.165. The molecule has 0 radical (unpaired) electrons. The average Bonchev–Trinajstić information content (AvgIpc) is 2.65. The molecule has 1 heterocycles. The van der Waals surface area contributed by atoms with Crippen LogP contribution in [0.2, 0.25) is 0 Å². The van der Waals surface area contributed by atoms with E-state index in [-0.39, 0.29) is 6.42 Å². The number of nitrogens with one attached hydrogen (secondary N) is 1. The van der Waals surface area contributed by atoms with Gasteiger partial charge in [0.05, 0.1) is 0 Å². The summed E-state index contributed by atoms with van der Waals surface area (Å²) in [6.07, 6.45) is -2.02. The van der Waals surface area contributed by atoms with Crippen molar-refractivity contribution in [3.05, 3.63) is 0 Å². The first kappa shape index (κ1) is 13.2. The quantitative estimate of drug-likeness (QED) is 0.731. The van der Waals surface area contributed by atoms with Crippen LogP contribution in [0.4, 0.5) is 13.2 Å². The Morgan fingerprint density at radius 3 is 2.50 bits per heavy atom. The van der Waals surface area contributed by atoms with Crippen LogP contribution in [0.15, 0.2) is 0 Å². The van der Waals surface area contributed by atoms with Crippen molar-refractivity contribution in [2.45, 2.75) is 25.4 Å². The number of hydrogen-bond donors (Lipinski definition) is 1. The van der Waals surface area contributed by atoms with E-state index in [2.05, 4.69) is 9.74 Å². The molecule has 16 heavy (non-hydrogen) atoms. The van der Waals surface area contributed by atoms with Crippen LogP contribution in [0.5, 0.6) is 0 Å². The van der Waals surface area contributed by atoms with E-state index >= 15 is 0 Å². The highest BCUT2D eigenvalue weighted by atomic mass is 19.4. The van der Waals surface area contributed by atoms with Gasteiger partial charge in [0.15, 0.2) is 6.61 Å². The van der Waals surface area contributed by atoms with Gasteiger partial charge in [-0.25, -0.2) is 5.48 Å². The van der Waals surface area contributed by atoms with Gasteiger partial charge in [-0.2, -0.15) is 13.2 Å². The van der Waals surface area contributed by atoms with E-state index < -0.39 is 18.7 Å². The van der Waals surface area contributed by atoms with Gasteiger partial charge < -0.3 is 4.90 Å². The van der Waals surface area contributed by atoms with Crippen molar-refractivity contribution in [2.75, 3.05) is 26.2 Å². The third-order valence-corrected chi connectivity index (χ3v) is 2.28. The van der Waals surface area contributed by atoms with E-state index in [1.54, 1.807) is 5.48 Å². The number of amides is 1. The first-order valence-corrected chi connectivity index (χ1v) is 5.17. The lowest BCUT2D eigenvalue weighted by Crippen LogP contribution is -2.32. The van der Waals surface area contributed by atoms with Gasteiger partial charge in [0.1, 0.15) is 0 Å². The van der Waals surface area contributed by atoms with Crippen molar-refractivity contribution in [1.82, 2.24) is 10.4 Å². The van der Waals surface area contributed by atoms with Crippen LogP contribution in [0, 0.1) is 0 Å². The van der Waals surface area contributed by atoms with Gasteiger partial charge in [-0.3, -0.25) is 9.63 Å². The Balaban J connectivity index is 2.02. The molecule has 0 aromatic rings. The van der Waals surface area contributed by atoms with E-state index in [9.17, 15) is 18.0 Å². The fraction of sp³-hybridized carbons (Fsp3) is 0.889. The molecule has 1 N–H and O–H groups in total. The zero-order chi connectivity index (χ0) is 12.0. The molecule has 1 saturated heterocycles. The second-order valence-electron chi connectivity index (χ2n) is 3.73. The smallest absolute Gasteiger partial charge is 0.303 e. The molecule has 0 bridgehead atoms. The molecule has 4 nitrogen and oxygen atoms in total. The van der Waals surface area contributed by atoms with Crippen LogP contribution in [0.3, 0.4) is 0 Å². The number of alkyl halides is 3. The summed E-state index contributed by atoms with van der Waals surface area (Å²) in [6.45, 7) is 1.02. The second kappa shape index (κ2) is 6.05. The number of carbonyl (C=O) groups excluding carboxylic acids is 1. The summed E-state index contributed by atoms with van der Waals surface area (Å²) >= 11 is 0. The number of hydroxylamine groups is 1. The normalized spacial score (nSPS) is 17.7. The molecular formula is C9H15F3N2O2. The lowest BCUT2D eigenvalue weighted by Gasteiger charge is -2.14. The molecule has 7 heteroatoms. The van der Waals surface area contributed by atoms with Gasteiger partial charge in [-0.1, -0.05) is 0 Å². The van der Waals surface area contributed by atoms with Crippen molar-refractivity contribution in [1.29, 1.82) is 0 Å². The number of carbonyl (C=O) groups is 1. The maximum atomic E-state index is 11.7. The lowest BCUT2D eigenvalue weighted by molar-refractivity contribution is -0.191. The maximum Gasteiger partial charge on any atom is 0.414 e. The molecule has 0 saturated carbocycles.